The summed E-state index contributed by atoms with van der Waals surface area (Å²) in [5, 5.41) is 14.6. The molecule has 9 heteroatoms. The van der Waals surface area contributed by atoms with Crippen LogP contribution in [0.4, 0.5) is 5.13 Å². The van der Waals surface area contributed by atoms with Crippen LogP contribution in [0.15, 0.2) is 36.5 Å². The minimum absolute atomic E-state index is 0.620. The van der Waals surface area contributed by atoms with E-state index >= 15 is 0 Å². The molecule has 1 aliphatic carbocycles. The summed E-state index contributed by atoms with van der Waals surface area (Å²) in [6, 6.07) is 11.1. The van der Waals surface area contributed by atoms with Gasteiger partial charge in [-0.1, -0.05) is 36.7 Å². The number of benzene rings is 1. The van der Waals surface area contributed by atoms with Crippen molar-refractivity contribution in [3.8, 4) is 16.6 Å². The van der Waals surface area contributed by atoms with Crippen LogP contribution in [0.3, 0.4) is 0 Å². The summed E-state index contributed by atoms with van der Waals surface area (Å²) < 4.78 is 13.2. The fraction of sp³-hybridized carbons (Fsp3) is 0.556. The second-order valence-electron chi connectivity index (χ2n) is 9.57. The molecule has 0 unspecified atom stereocenters. The van der Waals surface area contributed by atoms with Gasteiger partial charge in [0.2, 0.25) is 10.3 Å². The van der Waals surface area contributed by atoms with Crippen LogP contribution in [0.25, 0.3) is 5.13 Å². The normalized spacial score (nSPS) is 17.4. The van der Waals surface area contributed by atoms with E-state index in [2.05, 4.69) is 54.3 Å². The molecule has 1 saturated heterocycles. The van der Waals surface area contributed by atoms with Crippen molar-refractivity contribution >= 4 is 16.5 Å². The van der Waals surface area contributed by atoms with Crippen molar-refractivity contribution in [2.75, 3.05) is 44.8 Å². The van der Waals surface area contributed by atoms with E-state index in [4.69, 9.17) is 9.47 Å². The number of methoxy groups -OCH3 is 1. The number of nitrogens with zero attached hydrogens (tertiary/aromatic N) is 5. The Labute approximate surface area is 218 Å². The molecule has 1 saturated carbocycles. The predicted octanol–water partition coefficient (Wildman–Crippen LogP) is 4.48. The van der Waals surface area contributed by atoms with Gasteiger partial charge < -0.3 is 19.7 Å². The Morgan fingerprint density at radius 2 is 1.78 bits per heavy atom. The molecule has 0 spiro atoms. The van der Waals surface area contributed by atoms with Crippen LogP contribution < -0.4 is 19.7 Å². The molecule has 3 heterocycles. The van der Waals surface area contributed by atoms with Crippen molar-refractivity contribution in [1.29, 1.82) is 0 Å². The number of hydrogen-bond acceptors (Lipinski definition) is 8. The highest BCUT2D eigenvalue weighted by Crippen LogP contribution is 2.29. The summed E-state index contributed by atoms with van der Waals surface area (Å²) in [7, 11) is 1.68. The zero-order chi connectivity index (χ0) is 24.7. The maximum Gasteiger partial charge on any atom is 0.218 e. The molecule has 2 aliphatic rings. The molecular weight excluding hydrogens is 472 g/mol. The Morgan fingerprint density at radius 3 is 2.56 bits per heavy atom. The predicted molar refractivity (Wildman–Crippen MR) is 145 cm³/mol. The Morgan fingerprint density at radius 1 is 0.972 bits per heavy atom. The van der Waals surface area contributed by atoms with Gasteiger partial charge in [0.1, 0.15) is 0 Å². The summed E-state index contributed by atoms with van der Waals surface area (Å²) in [5.41, 5.74) is 2.32. The van der Waals surface area contributed by atoms with Gasteiger partial charge in [-0.25, -0.2) is 0 Å². The molecule has 2 aromatic heterocycles. The minimum atomic E-state index is 0.620. The SMILES string of the molecule is CCOc1ccc(CNCc2cccn2-c2nnc(N3CCN(C4CCCCC4)CC3)s2)cc1OC. The summed E-state index contributed by atoms with van der Waals surface area (Å²) in [5.74, 6) is 1.54. The molecule has 36 heavy (non-hydrogen) atoms. The molecule has 0 radical (unpaired) electrons. The number of aromatic nitrogens is 3. The van der Waals surface area contributed by atoms with Crippen molar-refractivity contribution < 1.29 is 9.47 Å². The van der Waals surface area contributed by atoms with E-state index in [1.54, 1.807) is 18.4 Å². The van der Waals surface area contributed by atoms with Gasteiger partial charge in [-0.3, -0.25) is 9.47 Å². The fourth-order valence-corrected chi connectivity index (χ4v) is 6.25. The van der Waals surface area contributed by atoms with Crippen molar-refractivity contribution in [1.82, 2.24) is 25.0 Å². The first-order valence-corrected chi connectivity index (χ1v) is 14.1. The van der Waals surface area contributed by atoms with Gasteiger partial charge in [-0.05, 0) is 49.6 Å². The molecule has 0 atom stereocenters. The monoisotopic (exact) mass is 510 g/mol. The van der Waals surface area contributed by atoms with Gasteiger partial charge in [0.15, 0.2) is 11.5 Å². The van der Waals surface area contributed by atoms with Gasteiger partial charge in [0, 0.05) is 57.2 Å². The zero-order valence-electron chi connectivity index (χ0n) is 21.5. The number of piperazine rings is 1. The van der Waals surface area contributed by atoms with Crippen molar-refractivity contribution in [2.45, 2.75) is 58.2 Å². The fourth-order valence-electron chi connectivity index (χ4n) is 5.34. The smallest absolute Gasteiger partial charge is 0.218 e. The lowest BCUT2D eigenvalue weighted by Gasteiger charge is -2.40. The number of hydrogen-bond donors (Lipinski definition) is 1. The lowest BCUT2D eigenvalue weighted by atomic mass is 9.94. The molecule has 194 valence electrons. The van der Waals surface area contributed by atoms with Gasteiger partial charge in [0.25, 0.3) is 0 Å². The van der Waals surface area contributed by atoms with Crippen LogP contribution in [0.1, 0.15) is 50.3 Å². The van der Waals surface area contributed by atoms with Gasteiger partial charge in [-0.2, -0.15) is 0 Å². The summed E-state index contributed by atoms with van der Waals surface area (Å²) in [4.78, 5) is 5.11. The summed E-state index contributed by atoms with van der Waals surface area (Å²) >= 11 is 1.68. The third-order valence-corrected chi connectivity index (χ3v) is 8.27. The van der Waals surface area contributed by atoms with Crippen molar-refractivity contribution in [3.63, 3.8) is 0 Å². The first-order chi connectivity index (χ1) is 17.7. The van der Waals surface area contributed by atoms with Crippen molar-refractivity contribution in [3.05, 3.63) is 47.8 Å². The highest BCUT2D eigenvalue weighted by Gasteiger charge is 2.26. The molecule has 0 bridgehead atoms. The van der Waals surface area contributed by atoms with Gasteiger partial charge in [-0.15, -0.1) is 10.2 Å². The third kappa shape index (κ3) is 5.85. The number of ether oxygens (including phenoxy) is 2. The van der Waals surface area contributed by atoms with Crippen LogP contribution in [0.5, 0.6) is 11.5 Å². The average molecular weight is 511 g/mol. The largest absolute Gasteiger partial charge is 0.493 e. The summed E-state index contributed by atoms with van der Waals surface area (Å²) in [6.45, 7) is 8.41. The van der Waals surface area contributed by atoms with Gasteiger partial charge in [0.05, 0.1) is 13.7 Å². The maximum absolute atomic E-state index is 5.62. The molecule has 2 fully saturated rings. The molecule has 1 aromatic carbocycles. The number of rotatable bonds is 10. The average Bonchev–Trinajstić information content (AvgIpc) is 3.60. The van der Waals surface area contributed by atoms with Crippen LogP contribution in [-0.2, 0) is 13.1 Å². The number of nitrogens with one attached hydrogen (secondary N) is 1. The third-order valence-electron chi connectivity index (χ3n) is 7.28. The quantitative estimate of drug-likeness (QED) is 0.431. The maximum atomic E-state index is 5.62. The highest BCUT2D eigenvalue weighted by atomic mass is 32.1. The van der Waals surface area contributed by atoms with E-state index in [1.807, 2.05) is 19.1 Å². The molecule has 8 nitrogen and oxygen atoms in total. The Hall–Kier alpha value is -2.62. The summed E-state index contributed by atoms with van der Waals surface area (Å²) in [6.07, 6.45) is 9.03. The van der Waals surface area contributed by atoms with Crippen LogP contribution in [-0.4, -0.2) is 65.6 Å². The Bertz CT molecular complexity index is 1100. The highest BCUT2D eigenvalue weighted by molar-refractivity contribution is 7.17. The van der Waals surface area contributed by atoms with Crippen LogP contribution in [0.2, 0.25) is 0 Å². The van der Waals surface area contributed by atoms with E-state index in [0.717, 1.165) is 78.3 Å². The molecule has 3 aromatic rings. The lowest BCUT2D eigenvalue weighted by molar-refractivity contribution is 0.148. The van der Waals surface area contributed by atoms with E-state index in [9.17, 15) is 0 Å². The molecule has 0 amide bonds. The molecule has 1 N–H and O–H groups in total. The second kappa shape index (κ2) is 12.1. The molecule has 1 aliphatic heterocycles. The van der Waals surface area contributed by atoms with E-state index in [0.29, 0.717) is 6.61 Å². The van der Waals surface area contributed by atoms with Crippen molar-refractivity contribution in [2.24, 2.45) is 0 Å². The van der Waals surface area contributed by atoms with Crippen LogP contribution >= 0.6 is 11.3 Å². The standard InChI is InChI=1S/C27H38N6O2S/c1-3-35-24-12-11-21(18-25(24)34-2)19-28-20-23-10-7-13-33(23)27-30-29-26(36-27)32-16-14-31(15-17-32)22-8-5-4-6-9-22/h7,10-13,18,22,28H,3-6,8-9,14-17,19-20H2,1-2H3. The van der Waals surface area contributed by atoms with Crippen LogP contribution in [0, 0.1) is 0 Å². The van der Waals surface area contributed by atoms with E-state index in [1.165, 1.54) is 32.1 Å². The second-order valence-corrected chi connectivity index (χ2v) is 10.5. The van der Waals surface area contributed by atoms with E-state index in [-0.39, 0.29) is 0 Å². The lowest BCUT2D eigenvalue weighted by Crippen LogP contribution is -2.50. The minimum Gasteiger partial charge on any atom is -0.493 e. The Balaban J connectivity index is 1.16. The Kier molecular flexibility index (Phi) is 8.40. The molecule has 5 rings (SSSR count). The van der Waals surface area contributed by atoms with E-state index < -0.39 is 0 Å². The zero-order valence-corrected chi connectivity index (χ0v) is 22.3. The first kappa shape index (κ1) is 25.0. The first-order valence-electron chi connectivity index (χ1n) is 13.2. The topological polar surface area (TPSA) is 67.7 Å². The number of anilines is 1. The molecular formula is C27H38N6O2S. The van der Waals surface area contributed by atoms with Gasteiger partial charge >= 0.3 is 0 Å².